The van der Waals surface area contributed by atoms with Crippen molar-refractivity contribution in [2.24, 2.45) is 0 Å². The molecule has 1 atom stereocenters. The third kappa shape index (κ3) is 6.41. The van der Waals surface area contributed by atoms with Gasteiger partial charge in [0.15, 0.2) is 0 Å². The molecule has 0 aliphatic carbocycles. The molecule has 1 rings (SSSR count). The molecule has 0 bridgehead atoms. The minimum Gasteiger partial charge on any atom is -0.464 e. The first kappa shape index (κ1) is 16.3. The molecule has 3 nitrogen and oxygen atoms in total. The van der Waals surface area contributed by atoms with Crippen LogP contribution < -0.4 is 5.32 Å². The lowest BCUT2D eigenvalue weighted by atomic mass is 10.1. The molecule has 0 radical (unpaired) electrons. The summed E-state index contributed by atoms with van der Waals surface area (Å²) in [7, 11) is 0. The summed E-state index contributed by atoms with van der Waals surface area (Å²) >= 11 is 0. The fraction of sp³-hybridized carbons (Fsp3) is 0.471. The standard InChI is InChI=1S/C17H25NO2/c1-3-5-6-7-11-14-16(17(19)20-4-2)18-15-12-9-8-10-13-15/h8-14,16,18H,3-7H2,1-2H3/b14-11+. The van der Waals surface area contributed by atoms with Gasteiger partial charge in [-0.1, -0.05) is 50.1 Å². The fourth-order valence-electron chi connectivity index (χ4n) is 1.88. The average Bonchev–Trinajstić information content (AvgIpc) is 2.47. The first-order valence-corrected chi connectivity index (χ1v) is 7.42. The molecule has 3 heteroatoms. The van der Waals surface area contributed by atoms with Crippen LogP contribution >= 0.6 is 0 Å². The van der Waals surface area contributed by atoms with E-state index in [1.54, 1.807) is 0 Å². The Kier molecular flexibility index (Phi) is 8.20. The lowest BCUT2D eigenvalue weighted by Gasteiger charge is -2.15. The molecule has 0 amide bonds. The lowest BCUT2D eigenvalue weighted by molar-refractivity contribution is -0.142. The molecule has 0 aliphatic heterocycles. The van der Waals surface area contributed by atoms with Crippen LogP contribution in [0, 0.1) is 0 Å². The van der Waals surface area contributed by atoms with Crippen LogP contribution in [0.5, 0.6) is 0 Å². The topological polar surface area (TPSA) is 38.3 Å². The Morgan fingerprint density at radius 3 is 2.65 bits per heavy atom. The van der Waals surface area contributed by atoms with E-state index < -0.39 is 6.04 Å². The monoisotopic (exact) mass is 275 g/mol. The first-order valence-electron chi connectivity index (χ1n) is 7.42. The lowest BCUT2D eigenvalue weighted by Crippen LogP contribution is -2.29. The highest BCUT2D eigenvalue weighted by atomic mass is 16.5. The Hall–Kier alpha value is -1.77. The molecule has 0 saturated heterocycles. The van der Waals surface area contributed by atoms with Crippen molar-refractivity contribution in [1.82, 2.24) is 0 Å². The van der Waals surface area contributed by atoms with E-state index in [0.717, 1.165) is 18.5 Å². The summed E-state index contributed by atoms with van der Waals surface area (Å²) in [6.07, 6.45) is 8.56. The molecule has 0 spiro atoms. The molecule has 0 saturated carbocycles. The molecular formula is C17H25NO2. The molecular weight excluding hydrogens is 250 g/mol. The van der Waals surface area contributed by atoms with Crippen molar-refractivity contribution in [3.8, 4) is 0 Å². The van der Waals surface area contributed by atoms with Gasteiger partial charge in [-0.15, -0.1) is 0 Å². The zero-order valence-corrected chi connectivity index (χ0v) is 12.5. The zero-order valence-electron chi connectivity index (χ0n) is 12.5. The molecule has 1 aromatic carbocycles. The molecule has 110 valence electrons. The molecule has 0 fully saturated rings. The van der Waals surface area contributed by atoms with Gasteiger partial charge in [0.05, 0.1) is 6.61 Å². The number of allylic oxidation sites excluding steroid dienone is 1. The van der Waals surface area contributed by atoms with Crippen molar-refractivity contribution >= 4 is 11.7 Å². The summed E-state index contributed by atoms with van der Waals surface area (Å²) in [5.41, 5.74) is 0.920. The number of para-hydroxylation sites is 1. The fourth-order valence-corrected chi connectivity index (χ4v) is 1.88. The van der Waals surface area contributed by atoms with Gasteiger partial charge < -0.3 is 10.1 Å². The number of rotatable bonds is 9. The van der Waals surface area contributed by atoms with Crippen LogP contribution in [0.25, 0.3) is 0 Å². The summed E-state index contributed by atoms with van der Waals surface area (Å²) in [6, 6.07) is 9.30. The number of hydrogen-bond acceptors (Lipinski definition) is 3. The number of nitrogens with one attached hydrogen (secondary N) is 1. The quantitative estimate of drug-likeness (QED) is 0.417. The van der Waals surface area contributed by atoms with E-state index in [1.807, 2.05) is 43.3 Å². The van der Waals surface area contributed by atoms with Crippen molar-refractivity contribution in [3.05, 3.63) is 42.5 Å². The minimum absolute atomic E-state index is 0.233. The van der Waals surface area contributed by atoms with Gasteiger partial charge in [-0.2, -0.15) is 0 Å². The van der Waals surface area contributed by atoms with Gasteiger partial charge in [0.1, 0.15) is 6.04 Å². The van der Waals surface area contributed by atoms with Crippen molar-refractivity contribution in [1.29, 1.82) is 0 Å². The van der Waals surface area contributed by atoms with Gasteiger partial charge in [0.2, 0.25) is 0 Å². The smallest absolute Gasteiger partial charge is 0.332 e. The van der Waals surface area contributed by atoms with Gasteiger partial charge >= 0.3 is 5.97 Å². The van der Waals surface area contributed by atoms with Gasteiger partial charge in [-0.3, -0.25) is 0 Å². The highest BCUT2D eigenvalue weighted by Crippen LogP contribution is 2.10. The van der Waals surface area contributed by atoms with Crippen molar-refractivity contribution in [2.45, 2.75) is 45.6 Å². The number of unbranched alkanes of at least 4 members (excludes halogenated alkanes) is 3. The second kappa shape index (κ2) is 10.1. The maximum Gasteiger partial charge on any atom is 0.332 e. The van der Waals surface area contributed by atoms with E-state index in [9.17, 15) is 4.79 Å². The Bertz CT molecular complexity index is 401. The summed E-state index contributed by atoms with van der Waals surface area (Å²) in [5.74, 6) is -0.233. The van der Waals surface area contributed by atoms with Crippen LogP contribution in [0.4, 0.5) is 5.69 Å². The largest absolute Gasteiger partial charge is 0.464 e. The number of carbonyl (C=O) groups is 1. The third-order valence-corrected chi connectivity index (χ3v) is 2.94. The number of carbonyl (C=O) groups excluding carboxylic acids is 1. The number of hydrogen-bond donors (Lipinski definition) is 1. The van der Waals surface area contributed by atoms with Crippen LogP contribution in [0.2, 0.25) is 0 Å². The van der Waals surface area contributed by atoms with Crippen LogP contribution in [0.1, 0.15) is 39.5 Å². The highest BCUT2D eigenvalue weighted by molar-refractivity contribution is 5.81. The second-order valence-electron chi connectivity index (χ2n) is 4.66. The third-order valence-electron chi connectivity index (χ3n) is 2.94. The van der Waals surface area contributed by atoms with Gasteiger partial charge in [0, 0.05) is 5.69 Å². The summed E-state index contributed by atoms with van der Waals surface area (Å²) in [6.45, 7) is 4.40. The van der Waals surface area contributed by atoms with Crippen molar-refractivity contribution < 1.29 is 9.53 Å². The summed E-state index contributed by atoms with van der Waals surface area (Å²) in [4.78, 5) is 11.9. The first-order chi connectivity index (χ1) is 9.77. The predicted octanol–water partition coefficient (Wildman–Crippen LogP) is 4.17. The molecule has 1 unspecified atom stereocenters. The van der Waals surface area contributed by atoms with Crippen LogP contribution in [0.3, 0.4) is 0 Å². The maximum absolute atomic E-state index is 11.9. The van der Waals surface area contributed by atoms with E-state index in [2.05, 4.69) is 18.3 Å². The van der Waals surface area contributed by atoms with Gasteiger partial charge in [-0.05, 0) is 31.9 Å². The number of anilines is 1. The second-order valence-corrected chi connectivity index (χ2v) is 4.66. The van der Waals surface area contributed by atoms with Crippen LogP contribution in [-0.4, -0.2) is 18.6 Å². The summed E-state index contributed by atoms with van der Waals surface area (Å²) in [5, 5.41) is 3.19. The molecule has 20 heavy (non-hydrogen) atoms. The average molecular weight is 275 g/mol. The number of ether oxygens (including phenoxy) is 1. The van der Waals surface area contributed by atoms with Gasteiger partial charge in [-0.25, -0.2) is 4.79 Å². The normalized spacial score (nSPS) is 12.3. The Morgan fingerprint density at radius 2 is 2.00 bits per heavy atom. The van der Waals surface area contributed by atoms with Gasteiger partial charge in [0.25, 0.3) is 0 Å². The predicted molar refractivity (Wildman–Crippen MR) is 83.8 cm³/mol. The maximum atomic E-state index is 11.9. The molecule has 1 N–H and O–H groups in total. The molecule has 1 aromatic rings. The minimum atomic E-state index is -0.418. The van der Waals surface area contributed by atoms with E-state index in [0.29, 0.717) is 6.61 Å². The van der Waals surface area contributed by atoms with Crippen LogP contribution in [-0.2, 0) is 9.53 Å². The SMILES string of the molecule is CCCCC/C=C/C(Nc1ccccc1)C(=O)OCC. The Morgan fingerprint density at radius 1 is 1.25 bits per heavy atom. The van der Waals surface area contributed by atoms with Crippen molar-refractivity contribution in [3.63, 3.8) is 0 Å². The number of esters is 1. The van der Waals surface area contributed by atoms with E-state index in [4.69, 9.17) is 4.74 Å². The Labute approximate surface area is 122 Å². The summed E-state index contributed by atoms with van der Waals surface area (Å²) < 4.78 is 5.10. The van der Waals surface area contributed by atoms with E-state index >= 15 is 0 Å². The van der Waals surface area contributed by atoms with Crippen molar-refractivity contribution in [2.75, 3.05) is 11.9 Å². The molecule has 0 aromatic heterocycles. The van der Waals surface area contributed by atoms with Crippen LogP contribution in [0.15, 0.2) is 42.5 Å². The zero-order chi connectivity index (χ0) is 14.6. The molecule has 0 heterocycles. The highest BCUT2D eigenvalue weighted by Gasteiger charge is 2.15. The molecule has 0 aliphatic rings. The Balaban J connectivity index is 2.58. The number of benzene rings is 1. The van der Waals surface area contributed by atoms with E-state index in [1.165, 1.54) is 12.8 Å². The van der Waals surface area contributed by atoms with E-state index in [-0.39, 0.29) is 5.97 Å².